The molecular formula is C16H26N4O. The number of piperidine rings is 1. The van der Waals surface area contributed by atoms with Crippen molar-refractivity contribution in [1.29, 1.82) is 0 Å². The number of nitrogens with zero attached hydrogens (tertiary/aromatic N) is 3. The van der Waals surface area contributed by atoms with Crippen LogP contribution in [0.25, 0.3) is 0 Å². The van der Waals surface area contributed by atoms with E-state index >= 15 is 0 Å². The van der Waals surface area contributed by atoms with Crippen molar-refractivity contribution in [3.8, 4) is 0 Å². The molecule has 2 aliphatic heterocycles. The molecule has 3 heterocycles. The Labute approximate surface area is 126 Å². The topological polar surface area (TPSA) is 50.2 Å². The van der Waals surface area contributed by atoms with Crippen LogP contribution in [-0.4, -0.2) is 39.6 Å². The molecule has 2 unspecified atom stereocenters. The summed E-state index contributed by atoms with van der Waals surface area (Å²) < 4.78 is 1.77. The summed E-state index contributed by atoms with van der Waals surface area (Å²) in [5.74, 6) is 0.980. The van der Waals surface area contributed by atoms with Gasteiger partial charge in [-0.1, -0.05) is 20.3 Å². The second-order valence-corrected chi connectivity index (χ2v) is 6.77. The van der Waals surface area contributed by atoms with Crippen LogP contribution in [0.2, 0.25) is 0 Å². The molecule has 0 aliphatic carbocycles. The van der Waals surface area contributed by atoms with Crippen LogP contribution < -0.4 is 10.9 Å². The van der Waals surface area contributed by atoms with Gasteiger partial charge in [0.05, 0.1) is 0 Å². The highest BCUT2D eigenvalue weighted by Gasteiger charge is 2.35. The zero-order valence-corrected chi connectivity index (χ0v) is 13.1. The molecule has 116 valence electrons. The second kappa shape index (κ2) is 6.18. The Morgan fingerprint density at radius 1 is 1.33 bits per heavy atom. The van der Waals surface area contributed by atoms with Gasteiger partial charge in [0.25, 0.3) is 5.56 Å². The van der Waals surface area contributed by atoms with E-state index in [0.29, 0.717) is 23.8 Å². The molecule has 2 aliphatic rings. The number of fused-ring (bicyclic) bond motifs is 1. The molecular weight excluding hydrogens is 264 g/mol. The van der Waals surface area contributed by atoms with Gasteiger partial charge in [-0.05, 0) is 31.7 Å². The van der Waals surface area contributed by atoms with E-state index < -0.39 is 0 Å². The van der Waals surface area contributed by atoms with E-state index in [0.717, 1.165) is 19.5 Å². The van der Waals surface area contributed by atoms with Crippen molar-refractivity contribution in [2.24, 2.45) is 5.92 Å². The third kappa shape index (κ3) is 3.12. The van der Waals surface area contributed by atoms with Crippen LogP contribution in [0, 0.1) is 5.92 Å². The summed E-state index contributed by atoms with van der Waals surface area (Å²) >= 11 is 0. The number of nitrogens with one attached hydrogen (secondary N) is 1. The Bertz CT molecular complexity index is 539. The van der Waals surface area contributed by atoms with E-state index in [1.165, 1.54) is 25.8 Å². The predicted octanol–water partition coefficient (Wildman–Crippen LogP) is 1.94. The lowest BCUT2D eigenvalue weighted by Crippen LogP contribution is -2.42. The molecule has 1 aromatic rings. The molecule has 0 amide bonds. The fourth-order valence-electron chi connectivity index (χ4n) is 3.67. The fraction of sp³-hybridized carbons (Fsp3) is 0.750. The van der Waals surface area contributed by atoms with Gasteiger partial charge in [0.1, 0.15) is 0 Å². The van der Waals surface area contributed by atoms with Crippen molar-refractivity contribution in [3.63, 3.8) is 0 Å². The minimum absolute atomic E-state index is 0.0143. The van der Waals surface area contributed by atoms with Gasteiger partial charge in [0, 0.05) is 37.6 Å². The first-order chi connectivity index (χ1) is 10.1. The highest BCUT2D eigenvalue weighted by Crippen LogP contribution is 2.28. The van der Waals surface area contributed by atoms with E-state index in [1.54, 1.807) is 17.0 Å². The average Bonchev–Trinajstić information content (AvgIpc) is 2.86. The zero-order valence-electron chi connectivity index (χ0n) is 13.1. The van der Waals surface area contributed by atoms with E-state index in [4.69, 9.17) is 0 Å². The fourth-order valence-corrected chi connectivity index (χ4v) is 3.67. The van der Waals surface area contributed by atoms with Crippen molar-refractivity contribution in [3.05, 3.63) is 22.7 Å². The largest absolute Gasteiger partial charge is 0.361 e. The lowest BCUT2D eigenvalue weighted by atomic mass is 9.99. The second-order valence-electron chi connectivity index (χ2n) is 6.77. The molecule has 5 nitrogen and oxygen atoms in total. The predicted molar refractivity (Wildman–Crippen MR) is 84.6 cm³/mol. The Kier molecular flexibility index (Phi) is 4.29. The van der Waals surface area contributed by atoms with Crippen LogP contribution in [0.4, 0.5) is 5.82 Å². The van der Waals surface area contributed by atoms with Crippen LogP contribution in [0.3, 0.4) is 0 Å². The van der Waals surface area contributed by atoms with Crippen LogP contribution in [0.1, 0.15) is 39.5 Å². The minimum atomic E-state index is 0.0143. The Hall–Kier alpha value is -1.36. The van der Waals surface area contributed by atoms with Crippen molar-refractivity contribution in [1.82, 2.24) is 14.5 Å². The van der Waals surface area contributed by atoms with Gasteiger partial charge in [0.15, 0.2) is 5.82 Å². The summed E-state index contributed by atoms with van der Waals surface area (Å²) in [5.41, 5.74) is 0.0143. The van der Waals surface area contributed by atoms with Crippen molar-refractivity contribution < 1.29 is 0 Å². The Morgan fingerprint density at radius 3 is 3.00 bits per heavy atom. The van der Waals surface area contributed by atoms with Gasteiger partial charge < -0.3 is 9.88 Å². The molecule has 0 bridgehead atoms. The number of rotatable bonds is 4. The standard InChI is InChI=1S/C16H26N4O/c1-12(2)11-20-10-7-17-15(16(20)21)18-13-6-9-19-8-4-3-5-14(13)19/h7,10,12-14H,3-6,8-9,11H2,1-2H3,(H,17,18). The summed E-state index contributed by atoms with van der Waals surface area (Å²) in [6.45, 7) is 7.35. The first-order valence-corrected chi connectivity index (χ1v) is 8.21. The normalized spacial score (nSPS) is 26.0. The molecule has 2 fully saturated rings. The van der Waals surface area contributed by atoms with Gasteiger partial charge in [0.2, 0.25) is 0 Å². The maximum absolute atomic E-state index is 12.5. The van der Waals surface area contributed by atoms with Gasteiger partial charge in [-0.2, -0.15) is 0 Å². The maximum atomic E-state index is 12.5. The first-order valence-electron chi connectivity index (χ1n) is 8.21. The van der Waals surface area contributed by atoms with Gasteiger partial charge in [-0.25, -0.2) is 4.98 Å². The number of hydrogen-bond acceptors (Lipinski definition) is 4. The Balaban J connectivity index is 1.74. The molecule has 1 aromatic heterocycles. The molecule has 0 saturated carbocycles. The van der Waals surface area contributed by atoms with Crippen LogP contribution in [-0.2, 0) is 6.54 Å². The van der Waals surface area contributed by atoms with E-state index in [1.807, 2.05) is 0 Å². The summed E-state index contributed by atoms with van der Waals surface area (Å²) in [6.07, 6.45) is 8.50. The summed E-state index contributed by atoms with van der Waals surface area (Å²) in [6, 6.07) is 0.958. The number of hydrogen-bond donors (Lipinski definition) is 1. The van der Waals surface area contributed by atoms with Crippen molar-refractivity contribution >= 4 is 5.82 Å². The highest BCUT2D eigenvalue weighted by molar-refractivity contribution is 5.33. The van der Waals surface area contributed by atoms with Gasteiger partial charge in [-0.3, -0.25) is 9.69 Å². The van der Waals surface area contributed by atoms with Crippen molar-refractivity contribution in [2.75, 3.05) is 18.4 Å². The van der Waals surface area contributed by atoms with Crippen LogP contribution in [0.5, 0.6) is 0 Å². The molecule has 0 aromatic carbocycles. The molecule has 21 heavy (non-hydrogen) atoms. The minimum Gasteiger partial charge on any atom is -0.361 e. The van der Waals surface area contributed by atoms with Gasteiger partial charge in [-0.15, -0.1) is 0 Å². The Morgan fingerprint density at radius 2 is 2.19 bits per heavy atom. The quantitative estimate of drug-likeness (QED) is 0.920. The number of aromatic nitrogens is 2. The lowest BCUT2D eigenvalue weighted by Gasteiger charge is -2.32. The number of anilines is 1. The van der Waals surface area contributed by atoms with Gasteiger partial charge >= 0.3 is 0 Å². The SMILES string of the molecule is CC(C)Cn1ccnc(NC2CCN3CCCCC23)c1=O. The lowest BCUT2D eigenvalue weighted by molar-refractivity contribution is 0.192. The molecule has 2 atom stereocenters. The highest BCUT2D eigenvalue weighted by atomic mass is 16.1. The smallest absolute Gasteiger partial charge is 0.293 e. The molecule has 1 N–H and O–H groups in total. The van der Waals surface area contributed by atoms with E-state index in [9.17, 15) is 4.79 Å². The summed E-state index contributed by atoms with van der Waals surface area (Å²) in [4.78, 5) is 19.3. The van der Waals surface area contributed by atoms with Crippen LogP contribution >= 0.6 is 0 Å². The average molecular weight is 290 g/mol. The van der Waals surface area contributed by atoms with Crippen LogP contribution in [0.15, 0.2) is 17.2 Å². The van der Waals surface area contributed by atoms with Crippen molar-refractivity contribution in [2.45, 2.75) is 58.2 Å². The molecule has 0 spiro atoms. The third-order valence-corrected chi connectivity index (χ3v) is 4.65. The first kappa shape index (κ1) is 14.6. The summed E-state index contributed by atoms with van der Waals surface area (Å²) in [5, 5.41) is 3.44. The van der Waals surface area contributed by atoms with E-state index in [2.05, 4.69) is 29.0 Å². The molecule has 3 rings (SSSR count). The van der Waals surface area contributed by atoms with E-state index in [-0.39, 0.29) is 5.56 Å². The summed E-state index contributed by atoms with van der Waals surface area (Å²) in [7, 11) is 0. The molecule has 5 heteroatoms. The monoisotopic (exact) mass is 290 g/mol. The maximum Gasteiger partial charge on any atom is 0.293 e. The molecule has 2 saturated heterocycles. The molecule has 0 radical (unpaired) electrons. The third-order valence-electron chi connectivity index (χ3n) is 4.65. The zero-order chi connectivity index (χ0) is 14.8.